The Morgan fingerprint density at radius 2 is 2.00 bits per heavy atom. The van der Waals surface area contributed by atoms with E-state index in [2.05, 4.69) is 26.0 Å². The zero-order chi connectivity index (χ0) is 9.84. The number of hydrogen-bond acceptors (Lipinski definition) is 2. The van der Waals surface area contributed by atoms with Gasteiger partial charge in [-0.05, 0) is 18.8 Å². The first kappa shape index (κ1) is 11.2. The van der Waals surface area contributed by atoms with Gasteiger partial charge in [0.25, 0.3) is 0 Å². The summed E-state index contributed by atoms with van der Waals surface area (Å²) in [6.07, 6.45) is 3.07. The third kappa shape index (κ3) is 3.81. The molecule has 3 nitrogen and oxygen atoms in total. The maximum absolute atomic E-state index is 11.4. The van der Waals surface area contributed by atoms with Crippen LogP contribution in [0.3, 0.4) is 0 Å². The fraction of sp³-hybridized carbons (Fsp3) is 0.889. The fourth-order valence-electron chi connectivity index (χ4n) is 1.54. The van der Waals surface area contributed by atoms with Gasteiger partial charge >= 0.3 is 0 Å². The molecule has 0 bridgehead atoms. The molecule has 0 aromatic heterocycles. The molecule has 1 amide bonds. The molecular weight excluding hydrogens is 279 g/mol. The molecule has 0 aromatic rings. The van der Waals surface area contributed by atoms with E-state index in [0.29, 0.717) is 5.92 Å². The summed E-state index contributed by atoms with van der Waals surface area (Å²) in [6, 6.07) is 0. The quantitative estimate of drug-likeness (QED) is 0.570. The normalized spacial score (nSPS) is 20.2. The van der Waals surface area contributed by atoms with E-state index >= 15 is 0 Å². The summed E-state index contributed by atoms with van der Waals surface area (Å²) < 4.78 is 2.30. The van der Waals surface area contributed by atoms with Gasteiger partial charge in [-0.2, -0.15) is 0 Å². The molecule has 0 aliphatic carbocycles. The first-order valence-electron chi connectivity index (χ1n) is 4.70. The summed E-state index contributed by atoms with van der Waals surface area (Å²) in [4.78, 5) is 13.1. The molecule has 0 unspecified atom stereocenters. The van der Waals surface area contributed by atoms with Crippen LogP contribution in [0.2, 0.25) is 0 Å². The summed E-state index contributed by atoms with van der Waals surface area (Å²) in [5.41, 5.74) is 0. The van der Waals surface area contributed by atoms with Gasteiger partial charge in [0.1, 0.15) is 0 Å². The van der Waals surface area contributed by atoms with Crippen molar-refractivity contribution in [3.8, 4) is 0 Å². The molecule has 0 atom stereocenters. The number of hydrogen-bond donors (Lipinski definition) is 0. The highest BCUT2D eigenvalue weighted by Crippen LogP contribution is 2.22. The molecule has 1 aliphatic rings. The number of rotatable bonds is 2. The van der Waals surface area contributed by atoms with Crippen LogP contribution in [0.5, 0.6) is 0 Å². The van der Waals surface area contributed by atoms with E-state index in [1.54, 1.807) is 4.90 Å². The molecule has 0 radical (unpaired) electrons. The van der Waals surface area contributed by atoms with E-state index in [1.807, 2.05) is 14.1 Å². The van der Waals surface area contributed by atoms with Crippen molar-refractivity contribution in [1.29, 1.82) is 0 Å². The SMILES string of the molecule is CN(C)C(=O)CC1CCN(I)CC1. The van der Waals surface area contributed by atoms with E-state index in [9.17, 15) is 4.79 Å². The van der Waals surface area contributed by atoms with Crippen LogP contribution in [0.15, 0.2) is 0 Å². The van der Waals surface area contributed by atoms with E-state index in [0.717, 1.165) is 19.5 Å². The summed E-state index contributed by atoms with van der Waals surface area (Å²) in [5, 5.41) is 0. The predicted molar refractivity (Wildman–Crippen MR) is 61.6 cm³/mol. The maximum Gasteiger partial charge on any atom is 0.222 e. The molecule has 1 heterocycles. The van der Waals surface area contributed by atoms with Crippen molar-refractivity contribution in [3.63, 3.8) is 0 Å². The van der Waals surface area contributed by atoms with Crippen molar-refractivity contribution in [3.05, 3.63) is 0 Å². The molecule has 1 rings (SSSR count). The largest absolute Gasteiger partial charge is 0.349 e. The van der Waals surface area contributed by atoms with Crippen LogP contribution in [0.1, 0.15) is 19.3 Å². The monoisotopic (exact) mass is 296 g/mol. The molecule has 0 spiro atoms. The second kappa shape index (κ2) is 5.14. The number of nitrogens with zero attached hydrogens (tertiary/aromatic N) is 2. The minimum Gasteiger partial charge on any atom is -0.349 e. The topological polar surface area (TPSA) is 23.6 Å². The van der Waals surface area contributed by atoms with Crippen LogP contribution in [0.4, 0.5) is 0 Å². The Kier molecular flexibility index (Phi) is 4.45. The number of piperidine rings is 1. The Bertz CT molecular complexity index is 176. The first-order chi connectivity index (χ1) is 6.09. The smallest absolute Gasteiger partial charge is 0.222 e. The van der Waals surface area contributed by atoms with E-state index in [-0.39, 0.29) is 5.91 Å². The van der Waals surface area contributed by atoms with Crippen LogP contribution in [-0.2, 0) is 4.79 Å². The third-order valence-corrected chi connectivity index (χ3v) is 3.49. The van der Waals surface area contributed by atoms with Gasteiger partial charge in [0.2, 0.25) is 5.91 Å². The van der Waals surface area contributed by atoms with E-state index in [4.69, 9.17) is 0 Å². The lowest BCUT2D eigenvalue weighted by molar-refractivity contribution is -0.129. The number of carbonyl (C=O) groups is 1. The van der Waals surface area contributed by atoms with Crippen molar-refractivity contribution in [2.45, 2.75) is 19.3 Å². The molecular formula is C9H17IN2O. The highest BCUT2D eigenvalue weighted by Gasteiger charge is 2.20. The van der Waals surface area contributed by atoms with Gasteiger partial charge in [0, 0.05) is 56.5 Å². The lowest BCUT2D eigenvalue weighted by Gasteiger charge is -2.27. The Morgan fingerprint density at radius 3 is 2.46 bits per heavy atom. The number of halogens is 1. The molecule has 1 saturated heterocycles. The van der Waals surface area contributed by atoms with Crippen molar-refractivity contribution < 1.29 is 4.79 Å². The van der Waals surface area contributed by atoms with Crippen LogP contribution >= 0.6 is 22.9 Å². The van der Waals surface area contributed by atoms with Gasteiger partial charge in [-0.15, -0.1) is 0 Å². The Morgan fingerprint density at radius 1 is 1.46 bits per heavy atom. The van der Waals surface area contributed by atoms with Crippen LogP contribution in [-0.4, -0.2) is 41.1 Å². The van der Waals surface area contributed by atoms with E-state index in [1.165, 1.54) is 12.8 Å². The summed E-state index contributed by atoms with van der Waals surface area (Å²) in [7, 11) is 3.66. The minimum absolute atomic E-state index is 0.270. The molecule has 0 saturated carbocycles. The van der Waals surface area contributed by atoms with Gasteiger partial charge in [0.05, 0.1) is 0 Å². The second-order valence-corrected chi connectivity index (χ2v) is 5.21. The Hall–Kier alpha value is 0.160. The average molecular weight is 296 g/mol. The Labute approximate surface area is 94.0 Å². The van der Waals surface area contributed by atoms with Gasteiger partial charge in [-0.3, -0.25) is 4.79 Å². The lowest BCUT2D eigenvalue weighted by Crippen LogP contribution is -2.30. The zero-order valence-corrected chi connectivity index (χ0v) is 10.5. The highest BCUT2D eigenvalue weighted by atomic mass is 127. The van der Waals surface area contributed by atoms with Crippen LogP contribution < -0.4 is 0 Å². The predicted octanol–water partition coefficient (Wildman–Crippen LogP) is 1.53. The van der Waals surface area contributed by atoms with E-state index < -0.39 is 0 Å². The van der Waals surface area contributed by atoms with Gasteiger partial charge in [-0.25, -0.2) is 3.11 Å². The summed E-state index contributed by atoms with van der Waals surface area (Å²) >= 11 is 2.35. The lowest BCUT2D eigenvalue weighted by atomic mass is 9.94. The Balaban J connectivity index is 2.26. The third-order valence-electron chi connectivity index (χ3n) is 2.52. The van der Waals surface area contributed by atoms with Crippen molar-refractivity contribution >= 4 is 28.8 Å². The molecule has 4 heteroatoms. The molecule has 0 aromatic carbocycles. The second-order valence-electron chi connectivity index (χ2n) is 3.85. The summed E-state index contributed by atoms with van der Waals surface area (Å²) in [6.45, 7) is 2.26. The zero-order valence-electron chi connectivity index (χ0n) is 8.29. The molecule has 0 N–H and O–H groups in total. The van der Waals surface area contributed by atoms with Gasteiger partial charge in [-0.1, -0.05) is 0 Å². The minimum atomic E-state index is 0.270. The van der Waals surface area contributed by atoms with Crippen molar-refractivity contribution in [2.75, 3.05) is 27.2 Å². The maximum atomic E-state index is 11.4. The molecule has 13 heavy (non-hydrogen) atoms. The van der Waals surface area contributed by atoms with Crippen LogP contribution in [0.25, 0.3) is 0 Å². The highest BCUT2D eigenvalue weighted by molar-refractivity contribution is 14.1. The van der Waals surface area contributed by atoms with Crippen molar-refractivity contribution in [2.24, 2.45) is 5.92 Å². The van der Waals surface area contributed by atoms with Crippen LogP contribution in [0, 0.1) is 5.92 Å². The standard InChI is InChI=1S/C9H17IN2O/c1-11(2)9(13)7-8-3-5-12(10)6-4-8/h8H,3-7H2,1-2H3. The summed E-state index contributed by atoms with van der Waals surface area (Å²) in [5.74, 6) is 0.882. The van der Waals surface area contributed by atoms with Gasteiger partial charge in [0.15, 0.2) is 0 Å². The fourth-order valence-corrected chi connectivity index (χ4v) is 2.09. The number of carbonyl (C=O) groups excluding carboxylic acids is 1. The van der Waals surface area contributed by atoms with Gasteiger partial charge < -0.3 is 4.90 Å². The average Bonchev–Trinajstić information content (AvgIpc) is 2.08. The molecule has 1 aliphatic heterocycles. The molecule has 1 fully saturated rings. The number of amides is 1. The first-order valence-corrected chi connectivity index (χ1v) is 5.67. The molecule has 76 valence electrons. The van der Waals surface area contributed by atoms with Crippen molar-refractivity contribution in [1.82, 2.24) is 8.01 Å².